The lowest BCUT2D eigenvalue weighted by molar-refractivity contribution is -0.228. The zero-order chi connectivity index (χ0) is 13.3. The highest BCUT2D eigenvalue weighted by Crippen LogP contribution is 2.40. The van der Waals surface area contributed by atoms with Crippen LogP contribution in [0.2, 0.25) is 0 Å². The van der Waals surface area contributed by atoms with Gasteiger partial charge >= 0.3 is 0 Å². The van der Waals surface area contributed by atoms with Crippen LogP contribution in [-0.4, -0.2) is 37.5 Å². The molecule has 0 amide bonds. The van der Waals surface area contributed by atoms with Crippen molar-refractivity contribution in [1.29, 1.82) is 0 Å². The lowest BCUT2D eigenvalue weighted by Gasteiger charge is -2.24. The quantitative estimate of drug-likeness (QED) is 0.708. The smallest absolute Gasteiger partial charge is 0.186 e. The summed E-state index contributed by atoms with van der Waals surface area (Å²) in [4.78, 5) is 0. The van der Waals surface area contributed by atoms with E-state index in [1.807, 2.05) is 19.9 Å². The lowest BCUT2D eigenvalue weighted by Crippen LogP contribution is -2.31. The van der Waals surface area contributed by atoms with Crippen molar-refractivity contribution in [3.8, 4) is 0 Å². The second kappa shape index (κ2) is 5.29. The molecule has 104 valence electrons. The van der Waals surface area contributed by atoms with Gasteiger partial charge in [0.25, 0.3) is 0 Å². The minimum atomic E-state index is -0.546. The number of rotatable bonds is 5. The molecule has 0 aromatic carbocycles. The van der Waals surface area contributed by atoms with Gasteiger partial charge in [-0.15, -0.1) is 6.58 Å². The SMILES string of the molecule is C=CC[C@H](C)C[C@H]1O[C@@H](OC)[C@H]2OC(C)(C)OC12. The van der Waals surface area contributed by atoms with E-state index >= 15 is 0 Å². The summed E-state index contributed by atoms with van der Waals surface area (Å²) < 4.78 is 23.0. The molecule has 4 nitrogen and oxygen atoms in total. The molecule has 2 heterocycles. The molecule has 0 aliphatic carbocycles. The summed E-state index contributed by atoms with van der Waals surface area (Å²) in [5.74, 6) is -0.0217. The van der Waals surface area contributed by atoms with Gasteiger partial charge in [0.15, 0.2) is 12.1 Å². The zero-order valence-electron chi connectivity index (χ0n) is 11.7. The van der Waals surface area contributed by atoms with Crippen molar-refractivity contribution in [1.82, 2.24) is 0 Å². The third-order valence-electron chi connectivity index (χ3n) is 3.54. The van der Waals surface area contributed by atoms with Crippen LogP contribution >= 0.6 is 0 Å². The van der Waals surface area contributed by atoms with Crippen LogP contribution in [0.25, 0.3) is 0 Å². The third kappa shape index (κ3) is 2.77. The summed E-state index contributed by atoms with van der Waals surface area (Å²) in [5, 5.41) is 0. The van der Waals surface area contributed by atoms with Gasteiger partial charge in [-0.2, -0.15) is 0 Å². The molecule has 2 aliphatic heterocycles. The standard InChI is InChI=1S/C14H24O4/c1-6-7-9(2)8-10-11-12(13(15-5)16-10)18-14(3,4)17-11/h6,9-13H,1,7-8H2,2-5H3/t9-,10+,11?,12-,13+/m0/s1. The van der Waals surface area contributed by atoms with E-state index in [1.165, 1.54) is 0 Å². The number of ether oxygens (including phenoxy) is 4. The lowest BCUT2D eigenvalue weighted by atomic mass is 9.96. The van der Waals surface area contributed by atoms with Gasteiger partial charge in [-0.1, -0.05) is 13.0 Å². The molecular weight excluding hydrogens is 232 g/mol. The van der Waals surface area contributed by atoms with Gasteiger partial charge in [0, 0.05) is 7.11 Å². The Balaban J connectivity index is 2.02. The van der Waals surface area contributed by atoms with Crippen molar-refractivity contribution in [3.63, 3.8) is 0 Å². The summed E-state index contributed by atoms with van der Waals surface area (Å²) in [7, 11) is 1.64. The van der Waals surface area contributed by atoms with Gasteiger partial charge in [-0.3, -0.25) is 0 Å². The van der Waals surface area contributed by atoms with E-state index in [0.717, 1.165) is 12.8 Å². The van der Waals surface area contributed by atoms with Crippen LogP contribution in [0.1, 0.15) is 33.6 Å². The molecule has 0 radical (unpaired) electrons. The van der Waals surface area contributed by atoms with Crippen LogP contribution < -0.4 is 0 Å². The number of hydrogen-bond acceptors (Lipinski definition) is 4. The van der Waals surface area contributed by atoms with Crippen molar-refractivity contribution >= 4 is 0 Å². The summed E-state index contributed by atoms with van der Waals surface area (Å²) in [5.41, 5.74) is 0. The second-order valence-corrected chi connectivity index (χ2v) is 5.71. The number of hydrogen-bond donors (Lipinski definition) is 0. The molecule has 0 bridgehead atoms. The average Bonchev–Trinajstić information content (AvgIpc) is 2.74. The van der Waals surface area contributed by atoms with Crippen LogP contribution in [0.15, 0.2) is 12.7 Å². The first-order valence-electron chi connectivity index (χ1n) is 6.61. The Morgan fingerprint density at radius 2 is 2.00 bits per heavy atom. The highest BCUT2D eigenvalue weighted by molar-refractivity contribution is 4.95. The molecule has 5 atom stereocenters. The molecule has 1 unspecified atom stereocenters. The maximum absolute atomic E-state index is 5.94. The first kappa shape index (κ1) is 14.0. The van der Waals surface area contributed by atoms with Gasteiger partial charge in [0.1, 0.15) is 12.2 Å². The number of methoxy groups -OCH3 is 1. The van der Waals surface area contributed by atoms with Gasteiger partial charge in [-0.05, 0) is 32.6 Å². The molecule has 0 spiro atoms. The fourth-order valence-electron chi connectivity index (χ4n) is 2.80. The van der Waals surface area contributed by atoms with E-state index in [-0.39, 0.29) is 24.6 Å². The fourth-order valence-corrected chi connectivity index (χ4v) is 2.80. The Bertz CT molecular complexity index is 302. The Kier molecular flexibility index (Phi) is 4.11. The summed E-state index contributed by atoms with van der Waals surface area (Å²) in [6.07, 6.45) is 3.43. The van der Waals surface area contributed by atoms with Gasteiger partial charge in [0.2, 0.25) is 0 Å². The van der Waals surface area contributed by atoms with Crippen molar-refractivity contribution < 1.29 is 18.9 Å². The van der Waals surface area contributed by atoms with Crippen LogP contribution in [0.4, 0.5) is 0 Å². The largest absolute Gasteiger partial charge is 0.353 e. The summed E-state index contributed by atoms with van der Waals surface area (Å²) in [6.45, 7) is 9.84. The minimum absolute atomic E-state index is 0.0304. The van der Waals surface area contributed by atoms with Crippen molar-refractivity contribution in [2.75, 3.05) is 7.11 Å². The van der Waals surface area contributed by atoms with Crippen molar-refractivity contribution in [3.05, 3.63) is 12.7 Å². The summed E-state index contributed by atoms with van der Waals surface area (Å²) >= 11 is 0. The molecule has 0 saturated carbocycles. The van der Waals surface area contributed by atoms with Crippen molar-refractivity contribution in [2.45, 2.75) is 64.0 Å². The van der Waals surface area contributed by atoms with Gasteiger partial charge < -0.3 is 18.9 Å². The van der Waals surface area contributed by atoms with E-state index in [2.05, 4.69) is 13.5 Å². The van der Waals surface area contributed by atoms with E-state index in [0.29, 0.717) is 5.92 Å². The Morgan fingerprint density at radius 1 is 1.33 bits per heavy atom. The normalized spacial score (nSPS) is 39.6. The number of fused-ring (bicyclic) bond motifs is 1. The molecule has 4 heteroatoms. The minimum Gasteiger partial charge on any atom is -0.353 e. The molecular formula is C14H24O4. The molecule has 18 heavy (non-hydrogen) atoms. The molecule has 0 aromatic rings. The Morgan fingerprint density at radius 3 is 2.61 bits per heavy atom. The van der Waals surface area contributed by atoms with E-state index in [4.69, 9.17) is 18.9 Å². The highest BCUT2D eigenvalue weighted by atomic mass is 16.8. The molecule has 2 rings (SSSR count). The molecule has 2 fully saturated rings. The zero-order valence-corrected chi connectivity index (χ0v) is 11.7. The first-order chi connectivity index (χ1) is 8.46. The maximum atomic E-state index is 5.94. The second-order valence-electron chi connectivity index (χ2n) is 5.71. The van der Waals surface area contributed by atoms with E-state index in [1.54, 1.807) is 7.11 Å². The fraction of sp³-hybridized carbons (Fsp3) is 0.857. The van der Waals surface area contributed by atoms with E-state index in [9.17, 15) is 0 Å². The van der Waals surface area contributed by atoms with Crippen LogP contribution in [0.3, 0.4) is 0 Å². The predicted molar refractivity (Wildman–Crippen MR) is 68.1 cm³/mol. The van der Waals surface area contributed by atoms with Crippen LogP contribution in [0, 0.1) is 5.92 Å². The predicted octanol–water partition coefficient (Wildman–Crippen LogP) is 2.48. The molecule has 0 N–H and O–H groups in total. The highest BCUT2D eigenvalue weighted by Gasteiger charge is 2.55. The topological polar surface area (TPSA) is 36.9 Å². The molecule has 0 aromatic heterocycles. The monoisotopic (exact) mass is 256 g/mol. The van der Waals surface area contributed by atoms with Gasteiger partial charge in [-0.25, -0.2) is 0 Å². The third-order valence-corrected chi connectivity index (χ3v) is 3.54. The maximum Gasteiger partial charge on any atom is 0.186 e. The van der Waals surface area contributed by atoms with Crippen LogP contribution in [0.5, 0.6) is 0 Å². The Labute approximate surface area is 109 Å². The average molecular weight is 256 g/mol. The van der Waals surface area contributed by atoms with E-state index < -0.39 is 5.79 Å². The molecule has 2 aliphatic rings. The van der Waals surface area contributed by atoms with Crippen molar-refractivity contribution in [2.24, 2.45) is 5.92 Å². The van der Waals surface area contributed by atoms with Gasteiger partial charge in [0.05, 0.1) is 6.10 Å². The molecule has 2 saturated heterocycles. The summed E-state index contributed by atoms with van der Waals surface area (Å²) in [6, 6.07) is 0. The first-order valence-corrected chi connectivity index (χ1v) is 6.61. The number of allylic oxidation sites excluding steroid dienone is 1. The Hall–Kier alpha value is -0.420. The van der Waals surface area contributed by atoms with Crippen LogP contribution in [-0.2, 0) is 18.9 Å².